The third-order valence-corrected chi connectivity index (χ3v) is 4.22. The number of anilines is 1. The number of rotatable bonds is 4. The number of hydrogen-bond donors (Lipinski definition) is 1. The highest BCUT2D eigenvalue weighted by atomic mass is 15.1. The van der Waals surface area contributed by atoms with E-state index in [1.165, 1.54) is 18.4 Å². The molecule has 3 nitrogen and oxygen atoms in total. The zero-order valence-electron chi connectivity index (χ0n) is 12.9. The Morgan fingerprint density at radius 2 is 2.00 bits per heavy atom. The van der Waals surface area contributed by atoms with E-state index in [0.29, 0.717) is 5.41 Å². The van der Waals surface area contributed by atoms with Gasteiger partial charge in [0, 0.05) is 19.6 Å². The van der Waals surface area contributed by atoms with Crippen LogP contribution in [0.1, 0.15) is 44.7 Å². The molecule has 1 N–H and O–H groups in total. The topological polar surface area (TPSA) is 39.1 Å². The summed E-state index contributed by atoms with van der Waals surface area (Å²) in [5.41, 5.74) is 3.53. The molecule has 1 fully saturated rings. The van der Waals surface area contributed by atoms with Gasteiger partial charge in [0.15, 0.2) is 0 Å². The zero-order valence-corrected chi connectivity index (χ0v) is 12.9. The average Bonchev–Trinajstić information content (AvgIpc) is 2.45. The number of nitrogens with zero attached hydrogens (tertiary/aromatic N) is 2. The van der Waals surface area contributed by atoms with Gasteiger partial charge in [0.05, 0.1) is 11.3 Å². The molecule has 0 radical (unpaired) electrons. The maximum atomic E-state index is 9.40. The van der Waals surface area contributed by atoms with Gasteiger partial charge in [-0.1, -0.05) is 26.8 Å². The highest BCUT2D eigenvalue weighted by molar-refractivity contribution is 5.60. The minimum Gasteiger partial charge on any atom is -0.370 e. The molecule has 1 aliphatic heterocycles. The van der Waals surface area contributed by atoms with Gasteiger partial charge in [-0.3, -0.25) is 0 Å². The van der Waals surface area contributed by atoms with Gasteiger partial charge in [0.2, 0.25) is 0 Å². The highest BCUT2D eigenvalue weighted by Gasteiger charge is 2.26. The molecule has 0 saturated carbocycles. The maximum Gasteiger partial charge on any atom is 0.101 e. The molecular formula is C17H25N3. The first-order chi connectivity index (χ1) is 9.55. The Balaban J connectivity index is 2.14. The molecule has 2 rings (SSSR count). The standard InChI is InChI=1S/C17H25N3/c1-4-19-13-14-5-6-16(15(11-14)12-18)20-9-7-17(2,3)8-10-20/h5-6,11,19H,4,7-10,13H2,1-3H3. The number of hydrogen-bond acceptors (Lipinski definition) is 3. The maximum absolute atomic E-state index is 9.40. The van der Waals surface area contributed by atoms with Gasteiger partial charge < -0.3 is 10.2 Å². The summed E-state index contributed by atoms with van der Waals surface area (Å²) in [6, 6.07) is 8.64. The van der Waals surface area contributed by atoms with Crippen LogP contribution >= 0.6 is 0 Å². The van der Waals surface area contributed by atoms with Crippen LogP contribution in [0.4, 0.5) is 5.69 Å². The Morgan fingerprint density at radius 3 is 2.60 bits per heavy atom. The molecule has 0 unspecified atom stereocenters. The van der Waals surface area contributed by atoms with Crippen molar-refractivity contribution in [2.24, 2.45) is 5.41 Å². The lowest BCUT2D eigenvalue weighted by Crippen LogP contribution is -2.37. The van der Waals surface area contributed by atoms with Gasteiger partial charge in [0.1, 0.15) is 6.07 Å². The van der Waals surface area contributed by atoms with E-state index >= 15 is 0 Å². The summed E-state index contributed by atoms with van der Waals surface area (Å²) < 4.78 is 0. The largest absolute Gasteiger partial charge is 0.370 e. The van der Waals surface area contributed by atoms with Crippen molar-refractivity contribution in [3.05, 3.63) is 29.3 Å². The fraction of sp³-hybridized carbons (Fsp3) is 0.588. The zero-order chi connectivity index (χ0) is 14.6. The quantitative estimate of drug-likeness (QED) is 0.913. The fourth-order valence-corrected chi connectivity index (χ4v) is 2.68. The monoisotopic (exact) mass is 271 g/mol. The van der Waals surface area contributed by atoms with Crippen LogP contribution in [0.2, 0.25) is 0 Å². The molecule has 1 heterocycles. The van der Waals surface area contributed by atoms with Gasteiger partial charge in [-0.05, 0) is 42.5 Å². The smallest absolute Gasteiger partial charge is 0.101 e. The Hall–Kier alpha value is -1.53. The van der Waals surface area contributed by atoms with E-state index in [4.69, 9.17) is 0 Å². The van der Waals surface area contributed by atoms with E-state index in [0.717, 1.165) is 37.4 Å². The van der Waals surface area contributed by atoms with Crippen molar-refractivity contribution in [2.45, 2.75) is 40.2 Å². The minimum absolute atomic E-state index is 0.439. The van der Waals surface area contributed by atoms with Crippen molar-refractivity contribution in [1.29, 1.82) is 5.26 Å². The van der Waals surface area contributed by atoms with E-state index < -0.39 is 0 Å². The van der Waals surface area contributed by atoms with Crippen LogP contribution in [0.3, 0.4) is 0 Å². The van der Waals surface area contributed by atoms with Crippen molar-refractivity contribution in [3.63, 3.8) is 0 Å². The van der Waals surface area contributed by atoms with Gasteiger partial charge in [-0.15, -0.1) is 0 Å². The molecule has 0 spiro atoms. The predicted octanol–water partition coefficient (Wildman–Crippen LogP) is 3.29. The lowest BCUT2D eigenvalue weighted by molar-refractivity contribution is 0.280. The summed E-state index contributed by atoms with van der Waals surface area (Å²) in [5.74, 6) is 0. The second kappa shape index (κ2) is 6.28. The van der Waals surface area contributed by atoms with Crippen LogP contribution in [0.15, 0.2) is 18.2 Å². The predicted molar refractivity (Wildman–Crippen MR) is 83.8 cm³/mol. The molecule has 1 aromatic carbocycles. The molecular weight excluding hydrogens is 246 g/mol. The number of nitrogens with one attached hydrogen (secondary N) is 1. The Labute approximate surface area is 122 Å². The summed E-state index contributed by atoms with van der Waals surface area (Å²) >= 11 is 0. The molecule has 108 valence electrons. The molecule has 1 aliphatic rings. The van der Waals surface area contributed by atoms with Crippen molar-refractivity contribution in [3.8, 4) is 6.07 Å². The Morgan fingerprint density at radius 1 is 1.30 bits per heavy atom. The Bertz CT molecular complexity index is 489. The van der Waals surface area contributed by atoms with E-state index in [2.05, 4.69) is 49.2 Å². The van der Waals surface area contributed by atoms with E-state index in [-0.39, 0.29) is 0 Å². The molecule has 0 atom stereocenters. The summed E-state index contributed by atoms with van der Waals surface area (Å²) in [5, 5.41) is 12.7. The van der Waals surface area contributed by atoms with Crippen LogP contribution in [-0.4, -0.2) is 19.6 Å². The van der Waals surface area contributed by atoms with Crippen molar-refractivity contribution < 1.29 is 0 Å². The second-order valence-electron chi connectivity index (χ2n) is 6.39. The lowest BCUT2D eigenvalue weighted by atomic mass is 9.82. The molecule has 0 aromatic heterocycles. The third-order valence-electron chi connectivity index (χ3n) is 4.22. The van der Waals surface area contributed by atoms with Gasteiger partial charge >= 0.3 is 0 Å². The minimum atomic E-state index is 0.439. The molecule has 20 heavy (non-hydrogen) atoms. The van der Waals surface area contributed by atoms with E-state index in [9.17, 15) is 5.26 Å². The average molecular weight is 271 g/mol. The summed E-state index contributed by atoms with van der Waals surface area (Å²) in [7, 11) is 0. The van der Waals surface area contributed by atoms with Crippen LogP contribution in [-0.2, 0) is 6.54 Å². The molecule has 1 aromatic rings. The van der Waals surface area contributed by atoms with Gasteiger partial charge in [-0.25, -0.2) is 0 Å². The van der Waals surface area contributed by atoms with Crippen LogP contribution in [0, 0.1) is 16.7 Å². The first-order valence-electron chi connectivity index (χ1n) is 7.54. The highest BCUT2D eigenvalue weighted by Crippen LogP contribution is 2.33. The normalized spacial score (nSPS) is 17.8. The van der Waals surface area contributed by atoms with Crippen LogP contribution in [0.5, 0.6) is 0 Å². The third kappa shape index (κ3) is 3.52. The molecule has 0 bridgehead atoms. The van der Waals surface area contributed by atoms with Gasteiger partial charge in [-0.2, -0.15) is 5.26 Å². The summed E-state index contributed by atoms with van der Waals surface area (Å²) in [6.45, 7) is 10.6. The van der Waals surface area contributed by atoms with E-state index in [1.807, 2.05) is 6.07 Å². The summed E-state index contributed by atoms with van der Waals surface area (Å²) in [4.78, 5) is 2.36. The number of piperidine rings is 1. The lowest BCUT2D eigenvalue weighted by Gasteiger charge is -2.38. The first kappa shape index (κ1) is 14.9. The van der Waals surface area contributed by atoms with E-state index in [1.54, 1.807) is 0 Å². The molecule has 0 amide bonds. The molecule has 1 saturated heterocycles. The van der Waals surface area contributed by atoms with Crippen molar-refractivity contribution in [1.82, 2.24) is 5.32 Å². The van der Waals surface area contributed by atoms with Gasteiger partial charge in [0.25, 0.3) is 0 Å². The Kier molecular flexibility index (Phi) is 4.67. The fourth-order valence-electron chi connectivity index (χ4n) is 2.68. The first-order valence-corrected chi connectivity index (χ1v) is 7.54. The van der Waals surface area contributed by atoms with Crippen LogP contribution in [0.25, 0.3) is 0 Å². The number of benzene rings is 1. The van der Waals surface area contributed by atoms with Crippen molar-refractivity contribution in [2.75, 3.05) is 24.5 Å². The molecule has 0 aliphatic carbocycles. The van der Waals surface area contributed by atoms with Crippen LogP contribution < -0.4 is 10.2 Å². The summed E-state index contributed by atoms with van der Waals surface area (Å²) in [6.07, 6.45) is 2.38. The molecule has 3 heteroatoms. The second-order valence-corrected chi connectivity index (χ2v) is 6.39. The van der Waals surface area contributed by atoms with Crippen molar-refractivity contribution >= 4 is 5.69 Å². The SMILES string of the molecule is CCNCc1ccc(N2CCC(C)(C)CC2)c(C#N)c1. The number of nitriles is 1.